The molecule has 0 aliphatic carbocycles. The molecule has 0 aliphatic heterocycles. The van der Waals surface area contributed by atoms with E-state index in [1.165, 1.54) is 0 Å². The highest BCUT2D eigenvalue weighted by Gasteiger charge is 2.14. The molecule has 0 saturated carbocycles. The number of aryl methyl sites for hydroxylation is 2. The first-order chi connectivity index (χ1) is 9.13. The van der Waals surface area contributed by atoms with Crippen molar-refractivity contribution in [3.05, 3.63) is 47.3 Å². The van der Waals surface area contributed by atoms with E-state index >= 15 is 0 Å². The minimum Gasteiger partial charge on any atom is -0.322 e. The van der Waals surface area contributed by atoms with Gasteiger partial charge in [-0.15, -0.1) is 11.6 Å². The number of alkyl halides is 1. The lowest BCUT2D eigenvalue weighted by Gasteiger charge is -2.05. The van der Waals surface area contributed by atoms with E-state index in [9.17, 15) is 4.79 Å². The summed E-state index contributed by atoms with van der Waals surface area (Å²) >= 11 is 5.72. The van der Waals surface area contributed by atoms with Crippen molar-refractivity contribution in [2.24, 2.45) is 7.05 Å². The van der Waals surface area contributed by atoms with Crippen molar-refractivity contribution in [2.75, 3.05) is 5.32 Å². The van der Waals surface area contributed by atoms with Crippen molar-refractivity contribution in [2.45, 2.75) is 19.2 Å². The van der Waals surface area contributed by atoms with Crippen LogP contribution in [0.4, 0.5) is 5.69 Å². The number of benzene rings is 1. The van der Waals surface area contributed by atoms with Crippen LogP contribution in [0.5, 0.6) is 0 Å². The fourth-order valence-electron chi connectivity index (χ4n) is 1.86. The number of carbonyl (C=O) groups is 1. The summed E-state index contributed by atoms with van der Waals surface area (Å²) in [5, 5.41) is 7.12. The molecule has 0 unspecified atom stereocenters. The van der Waals surface area contributed by atoms with E-state index in [0.717, 1.165) is 23.4 Å². The van der Waals surface area contributed by atoms with Gasteiger partial charge in [-0.2, -0.15) is 5.10 Å². The lowest BCUT2D eigenvalue weighted by molar-refractivity contribution is 0.102. The maximum atomic E-state index is 12.2. The second-order valence-corrected chi connectivity index (χ2v) is 4.57. The van der Waals surface area contributed by atoms with Gasteiger partial charge in [0.05, 0.1) is 11.3 Å². The zero-order valence-corrected chi connectivity index (χ0v) is 11.7. The van der Waals surface area contributed by atoms with Crippen molar-refractivity contribution in [3.63, 3.8) is 0 Å². The number of hydrogen-bond acceptors (Lipinski definition) is 2. The van der Waals surface area contributed by atoms with Crippen LogP contribution in [0.15, 0.2) is 30.5 Å². The number of anilines is 1. The second kappa shape index (κ2) is 5.89. The van der Waals surface area contributed by atoms with Gasteiger partial charge in [0, 0.05) is 24.8 Å². The van der Waals surface area contributed by atoms with Crippen molar-refractivity contribution in [3.8, 4) is 0 Å². The standard InChI is InChI=1S/C14H16ClN3O/c1-3-13-12(9-18(2)17-13)14(19)16-11-6-4-10(8-15)5-7-11/h4-7,9H,3,8H2,1-2H3,(H,16,19). The van der Waals surface area contributed by atoms with Crippen molar-refractivity contribution >= 4 is 23.2 Å². The Morgan fingerprint density at radius 2 is 2.05 bits per heavy atom. The van der Waals surface area contributed by atoms with Gasteiger partial charge in [0.15, 0.2) is 0 Å². The molecule has 0 fully saturated rings. The van der Waals surface area contributed by atoms with Crippen LogP contribution in [0, 0.1) is 0 Å². The SMILES string of the molecule is CCc1nn(C)cc1C(=O)Nc1ccc(CCl)cc1. The summed E-state index contributed by atoms with van der Waals surface area (Å²) in [7, 11) is 1.81. The largest absolute Gasteiger partial charge is 0.322 e. The summed E-state index contributed by atoms with van der Waals surface area (Å²) in [6, 6.07) is 7.48. The van der Waals surface area contributed by atoms with E-state index in [4.69, 9.17) is 11.6 Å². The highest BCUT2D eigenvalue weighted by molar-refractivity contribution is 6.17. The first-order valence-corrected chi connectivity index (χ1v) is 6.66. The zero-order valence-electron chi connectivity index (χ0n) is 11.0. The third-order valence-electron chi connectivity index (χ3n) is 2.85. The molecule has 0 atom stereocenters. The third kappa shape index (κ3) is 3.15. The molecule has 0 bridgehead atoms. The topological polar surface area (TPSA) is 46.9 Å². The Labute approximate surface area is 117 Å². The molecule has 0 radical (unpaired) electrons. The van der Waals surface area contributed by atoms with Gasteiger partial charge in [-0.05, 0) is 24.1 Å². The van der Waals surface area contributed by atoms with Gasteiger partial charge in [-0.3, -0.25) is 9.48 Å². The predicted molar refractivity (Wildman–Crippen MR) is 76.5 cm³/mol. The van der Waals surface area contributed by atoms with E-state index in [2.05, 4.69) is 10.4 Å². The molecule has 1 N–H and O–H groups in total. The first kappa shape index (κ1) is 13.6. The molecule has 0 aliphatic rings. The van der Waals surface area contributed by atoms with E-state index in [1.807, 2.05) is 38.2 Å². The van der Waals surface area contributed by atoms with Gasteiger partial charge in [-0.25, -0.2) is 0 Å². The molecule has 1 amide bonds. The first-order valence-electron chi connectivity index (χ1n) is 6.12. The van der Waals surface area contributed by atoms with Crippen LogP contribution >= 0.6 is 11.6 Å². The van der Waals surface area contributed by atoms with Crippen LogP contribution in [0.2, 0.25) is 0 Å². The molecule has 100 valence electrons. The molecule has 2 rings (SSSR count). The summed E-state index contributed by atoms with van der Waals surface area (Å²) in [5.74, 6) is 0.333. The number of halogens is 1. The van der Waals surface area contributed by atoms with E-state index < -0.39 is 0 Å². The minimum absolute atomic E-state index is 0.136. The van der Waals surface area contributed by atoms with Gasteiger partial charge < -0.3 is 5.32 Å². The number of amides is 1. The maximum absolute atomic E-state index is 12.2. The number of aromatic nitrogens is 2. The summed E-state index contributed by atoms with van der Waals surface area (Å²) in [6.45, 7) is 1.98. The third-order valence-corrected chi connectivity index (χ3v) is 3.16. The molecule has 1 heterocycles. The molecule has 5 heteroatoms. The van der Waals surface area contributed by atoms with E-state index in [1.54, 1.807) is 10.9 Å². The number of nitrogens with one attached hydrogen (secondary N) is 1. The molecule has 0 saturated heterocycles. The summed E-state index contributed by atoms with van der Waals surface area (Å²) in [4.78, 5) is 12.2. The lowest BCUT2D eigenvalue weighted by atomic mass is 10.2. The molecule has 4 nitrogen and oxygen atoms in total. The number of hydrogen-bond donors (Lipinski definition) is 1. The summed E-state index contributed by atoms with van der Waals surface area (Å²) in [5.41, 5.74) is 3.20. The lowest BCUT2D eigenvalue weighted by Crippen LogP contribution is -2.13. The van der Waals surface area contributed by atoms with Crippen LogP contribution in [0.3, 0.4) is 0 Å². The Balaban J connectivity index is 2.15. The normalized spacial score (nSPS) is 10.5. The average Bonchev–Trinajstić information content (AvgIpc) is 2.81. The van der Waals surface area contributed by atoms with Crippen LogP contribution < -0.4 is 5.32 Å². The van der Waals surface area contributed by atoms with Crippen molar-refractivity contribution in [1.29, 1.82) is 0 Å². The van der Waals surface area contributed by atoms with Gasteiger partial charge in [0.2, 0.25) is 0 Å². The van der Waals surface area contributed by atoms with Gasteiger partial charge >= 0.3 is 0 Å². The minimum atomic E-state index is -0.136. The van der Waals surface area contributed by atoms with E-state index in [-0.39, 0.29) is 5.91 Å². The molecule has 19 heavy (non-hydrogen) atoms. The van der Waals surface area contributed by atoms with Crippen molar-refractivity contribution < 1.29 is 4.79 Å². The Morgan fingerprint density at radius 3 is 2.63 bits per heavy atom. The monoisotopic (exact) mass is 277 g/mol. The number of rotatable bonds is 4. The molecule has 0 spiro atoms. The summed E-state index contributed by atoms with van der Waals surface area (Å²) in [6.07, 6.45) is 2.47. The zero-order chi connectivity index (χ0) is 13.8. The fraction of sp³-hybridized carbons (Fsp3) is 0.286. The second-order valence-electron chi connectivity index (χ2n) is 4.30. The Kier molecular flexibility index (Phi) is 4.22. The highest BCUT2D eigenvalue weighted by Crippen LogP contribution is 2.14. The fourth-order valence-corrected chi connectivity index (χ4v) is 2.04. The highest BCUT2D eigenvalue weighted by atomic mass is 35.5. The smallest absolute Gasteiger partial charge is 0.259 e. The summed E-state index contributed by atoms with van der Waals surface area (Å²) < 4.78 is 1.66. The van der Waals surface area contributed by atoms with Gasteiger partial charge in [-0.1, -0.05) is 19.1 Å². The number of carbonyl (C=O) groups excluding carboxylic acids is 1. The molecular weight excluding hydrogens is 262 g/mol. The Bertz CT molecular complexity index is 575. The van der Waals surface area contributed by atoms with Crippen LogP contribution in [0.1, 0.15) is 28.5 Å². The quantitative estimate of drug-likeness (QED) is 0.874. The number of nitrogens with zero attached hydrogens (tertiary/aromatic N) is 2. The van der Waals surface area contributed by atoms with Crippen molar-refractivity contribution in [1.82, 2.24) is 9.78 Å². The molecule has 2 aromatic rings. The van der Waals surface area contributed by atoms with E-state index in [0.29, 0.717) is 11.4 Å². The van der Waals surface area contributed by atoms with Gasteiger partial charge in [0.1, 0.15) is 0 Å². The molecule has 1 aromatic heterocycles. The predicted octanol–water partition coefficient (Wildman–Crippen LogP) is 2.97. The van der Waals surface area contributed by atoms with Crippen LogP contribution in [-0.2, 0) is 19.3 Å². The van der Waals surface area contributed by atoms with Gasteiger partial charge in [0.25, 0.3) is 5.91 Å². The Hall–Kier alpha value is -1.81. The maximum Gasteiger partial charge on any atom is 0.259 e. The molecular formula is C14H16ClN3O. The van der Waals surface area contributed by atoms with Crippen LogP contribution in [-0.4, -0.2) is 15.7 Å². The average molecular weight is 278 g/mol. The Morgan fingerprint density at radius 1 is 1.37 bits per heavy atom. The van der Waals surface area contributed by atoms with Crippen LogP contribution in [0.25, 0.3) is 0 Å². The molecule has 1 aromatic carbocycles.